The van der Waals surface area contributed by atoms with Crippen LogP contribution in [0.15, 0.2) is 54.6 Å². The molecule has 4 rings (SSSR count). The van der Waals surface area contributed by atoms with Crippen molar-refractivity contribution in [3.05, 3.63) is 71.3 Å². The molecule has 5 amide bonds. The van der Waals surface area contributed by atoms with E-state index in [0.717, 1.165) is 10.5 Å². The molecule has 0 saturated carbocycles. The van der Waals surface area contributed by atoms with Gasteiger partial charge in [0.05, 0.1) is 11.1 Å². The summed E-state index contributed by atoms with van der Waals surface area (Å²) in [7, 11) is 3.37. The summed E-state index contributed by atoms with van der Waals surface area (Å²) < 4.78 is 0. The third-order valence-electron chi connectivity index (χ3n) is 6.23. The van der Waals surface area contributed by atoms with Crippen LogP contribution < -0.4 is 5.32 Å². The van der Waals surface area contributed by atoms with Crippen molar-refractivity contribution in [1.29, 1.82) is 0 Å². The second-order valence-electron chi connectivity index (χ2n) is 8.67. The van der Waals surface area contributed by atoms with Gasteiger partial charge in [0.15, 0.2) is 0 Å². The van der Waals surface area contributed by atoms with E-state index in [4.69, 9.17) is 0 Å². The molecule has 0 spiro atoms. The minimum atomic E-state index is -0.923. The Hall–Kier alpha value is -3.68. The average Bonchev–Trinajstić information content (AvgIpc) is 3.08. The normalized spacial score (nSPS) is 17.0. The Kier molecular flexibility index (Phi) is 6.44. The van der Waals surface area contributed by atoms with Gasteiger partial charge in [0.25, 0.3) is 11.8 Å². The van der Waals surface area contributed by atoms with E-state index in [0.29, 0.717) is 37.1 Å². The van der Waals surface area contributed by atoms with Gasteiger partial charge in [-0.05, 0) is 30.5 Å². The van der Waals surface area contributed by atoms with E-state index in [1.54, 1.807) is 43.3 Å². The molecule has 0 radical (unpaired) electrons. The summed E-state index contributed by atoms with van der Waals surface area (Å²) in [4.78, 5) is 56.2. The number of piperidine rings is 1. The highest BCUT2D eigenvalue weighted by atomic mass is 16.2. The van der Waals surface area contributed by atoms with E-state index in [1.807, 2.05) is 30.3 Å². The summed E-state index contributed by atoms with van der Waals surface area (Å²) in [6, 6.07) is 15.0. The number of rotatable bonds is 5. The second kappa shape index (κ2) is 9.44. The first-order valence-corrected chi connectivity index (χ1v) is 11.1. The molecule has 0 aliphatic carbocycles. The summed E-state index contributed by atoms with van der Waals surface area (Å²) in [5, 5.41) is 2.96. The maximum absolute atomic E-state index is 13.7. The lowest BCUT2D eigenvalue weighted by molar-refractivity contribution is -0.136. The van der Waals surface area contributed by atoms with Crippen molar-refractivity contribution < 1.29 is 19.2 Å². The average molecular weight is 449 g/mol. The minimum Gasteiger partial charge on any atom is -0.341 e. The lowest BCUT2D eigenvalue weighted by atomic mass is 10.00. The van der Waals surface area contributed by atoms with Gasteiger partial charge in [-0.2, -0.15) is 0 Å². The largest absolute Gasteiger partial charge is 0.341 e. The highest BCUT2D eigenvalue weighted by molar-refractivity contribution is 6.22. The number of carbonyl (C=O) groups excluding carboxylic acids is 4. The zero-order valence-corrected chi connectivity index (χ0v) is 18.9. The van der Waals surface area contributed by atoms with E-state index in [9.17, 15) is 19.2 Å². The molecule has 8 nitrogen and oxygen atoms in total. The number of benzene rings is 2. The number of nitrogens with one attached hydrogen (secondary N) is 1. The van der Waals surface area contributed by atoms with Gasteiger partial charge in [-0.3, -0.25) is 19.3 Å². The first-order chi connectivity index (χ1) is 15.9. The van der Waals surface area contributed by atoms with Crippen molar-refractivity contribution in [1.82, 2.24) is 20.0 Å². The summed E-state index contributed by atoms with van der Waals surface area (Å²) in [5.41, 5.74) is 1.54. The van der Waals surface area contributed by atoms with E-state index in [-0.39, 0.29) is 24.4 Å². The van der Waals surface area contributed by atoms with Crippen LogP contribution in [-0.4, -0.2) is 77.7 Å². The van der Waals surface area contributed by atoms with E-state index in [1.165, 1.54) is 4.90 Å². The fraction of sp³-hybridized carbons (Fsp3) is 0.360. The van der Waals surface area contributed by atoms with Gasteiger partial charge in [-0.1, -0.05) is 42.5 Å². The number of nitrogens with zero attached hydrogens (tertiary/aromatic N) is 3. The molecule has 2 aliphatic heterocycles. The lowest BCUT2D eigenvalue weighted by Gasteiger charge is -2.36. The first kappa shape index (κ1) is 22.5. The van der Waals surface area contributed by atoms with Crippen molar-refractivity contribution in [2.24, 2.45) is 0 Å². The molecule has 1 saturated heterocycles. The van der Waals surface area contributed by atoms with Gasteiger partial charge >= 0.3 is 6.03 Å². The monoisotopic (exact) mass is 448 g/mol. The van der Waals surface area contributed by atoms with Crippen LogP contribution in [0.5, 0.6) is 0 Å². The van der Waals surface area contributed by atoms with Crippen molar-refractivity contribution in [2.45, 2.75) is 31.3 Å². The molecule has 0 bridgehead atoms. The number of fused-ring (bicyclic) bond motifs is 1. The maximum Gasteiger partial charge on any atom is 0.317 e. The summed E-state index contributed by atoms with van der Waals surface area (Å²) in [5.74, 6) is -1.11. The molecule has 0 aromatic heterocycles. The SMILES string of the molecule is CN(C)C(=O)NC1CCN(C(=O)C(Cc2ccccc2)N2C(=O)c3ccccc3C2=O)CC1. The van der Waals surface area contributed by atoms with Crippen molar-refractivity contribution >= 4 is 23.8 Å². The molecule has 1 N–H and O–H groups in total. The molecular formula is C25H28N4O4. The highest BCUT2D eigenvalue weighted by Gasteiger charge is 2.44. The Balaban J connectivity index is 1.54. The van der Waals surface area contributed by atoms with Crippen LogP contribution in [-0.2, 0) is 11.2 Å². The van der Waals surface area contributed by atoms with Crippen molar-refractivity contribution in [3.8, 4) is 0 Å². The van der Waals surface area contributed by atoms with E-state index >= 15 is 0 Å². The zero-order chi connectivity index (χ0) is 23.5. The molecule has 1 atom stereocenters. The Morgan fingerprint density at radius 3 is 2.03 bits per heavy atom. The number of amides is 5. The van der Waals surface area contributed by atoms with Crippen LogP contribution in [0.4, 0.5) is 4.79 Å². The third kappa shape index (κ3) is 4.60. The van der Waals surface area contributed by atoms with Crippen LogP contribution in [0.3, 0.4) is 0 Å². The molecule has 1 fully saturated rings. The topological polar surface area (TPSA) is 90.0 Å². The molecule has 2 aromatic carbocycles. The maximum atomic E-state index is 13.7. The van der Waals surface area contributed by atoms with E-state index in [2.05, 4.69) is 5.32 Å². The van der Waals surface area contributed by atoms with Crippen LogP contribution in [0, 0.1) is 0 Å². The van der Waals surface area contributed by atoms with Gasteiger partial charge in [-0.25, -0.2) is 4.79 Å². The molecule has 33 heavy (non-hydrogen) atoms. The molecule has 172 valence electrons. The second-order valence-corrected chi connectivity index (χ2v) is 8.67. The number of imide groups is 1. The predicted octanol–water partition coefficient (Wildman–Crippen LogP) is 2.16. The number of likely N-dealkylation sites (tertiary alicyclic amines) is 1. The highest BCUT2D eigenvalue weighted by Crippen LogP contribution is 2.27. The number of carbonyl (C=O) groups is 4. The molecule has 8 heteroatoms. The number of hydrogen-bond acceptors (Lipinski definition) is 4. The smallest absolute Gasteiger partial charge is 0.317 e. The molecule has 2 aliphatic rings. The summed E-state index contributed by atoms with van der Waals surface area (Å²) in [6.45, 7) is 0.900. The van der Waals surface area contributed by atoms with E-state index < -0.39 is 17.9 Å². The first-order valence-electron chi connectivity index (χ1n) is 11.1. The predicted molar refractivity (Wildman–Crippen MR) is 123 cm³/mol. The zero-order valence-electron chi connectivity index (χ0n) is 18.9. The van der Waals surface area contributed by atoms with Crippen LogP contribution >= 0.6 is 0 Å². The van der Waals surface area contributed by atoms with Gasteiger partial charge in [0.2, 0.25) is 5.91 Å². The molecule has 2 aromatic rings. The van der Waals surface area contributed by atoms with Gasteiger partial charge in [0.1, 0.15) is 6.04 Å². The summed E-state index contributed by atoms with van der Waals surface area (Å²) in [6.07, 6.45) is 1.49. The van der Waals surface area contributed by atoms with Gasteiger partial charge in [0, 0.05) is 39.6 Å². The minimum absolute atomic E-state index is 0.0178. The van der Waals surface area contributed by atoms with Gasteiger partial charge < -0.3 is 15.1 Å². The van der Waals surface area contributed by atoms with Crippen molar-refractivity contribution in [2.75, 3.05) is 27.2 Å². The Morgan fingerprint density at radius 2 is 1.48 bits per heavy atom. The number of urea groups is 1. The lowest BCUT2D eigenvalue weighted by Crippen LogP contribution is -2.55. The van der Waals surface area contributed by atoms with Crippen LogP contribution in [0.1, 0.15) is 39.1 Å². The quantitative estimate of drug-likeness (QED) is 0.710. The number of hydrogen-bond donors (Lipinski definition) is 1. The standard InChI is InChI=1S/C25H28N4O4/c1-27(2)25(33)26-18-12-14-28(15-13-18)24(32)21(16-17-8-4-3-5-9-17)29-22(30)19-10-6-7-11-20(19)23(29)31/h3-11,18,21H,12-16H2,1-2H3,(H,26,33). The fourth-order valence-corrected chi connectivity index (χ4v) is 4.38. The van der Waals surface area contributed by atoms with Crippen molar-refractivity contribution in [3.63, 3.8) is 0 Å². The Morgan fingerprint density at radius 1 is 0.939 bits per heavy atom. The Labute approximate surface area is 193 Å². The molecule has 2 heterocycles. The molecule has 1 unspecified atom stereocenters. The summed E-state index contributed by atoms with van der Waals surface area (Å²) >= 11 is 0. The Bertz CT molecular complexity index is 1030. The van der Waals surface area contributed by atoms with Crippen LogP contribution in [0.25, 0.3) is 0 Å². The van der Waals surface area contributed by atoms with Gasteiger partial charge in [-0.15, -0.1) is 0 Å². The van der Waals surface area contributed by atoms with Crippen LogP contribution in [0.2, 0.25) is 0 Å². The molecular weight excluding hydrogens is 420 g/mol. The fourth-order valence-electron chi connectivity index (χ4n) is 4.38. The third-order valence-corrected chi connectivity index (χ3v) is 6.23.